The molecule has 0 bridgehead atoms. The number of hydrogen-bond acceptors (Lipinski definition) is 5. The first-order valence-electron chi connectivity index (χ1n) is 8.49. The Morgan fingerprint density at radius 1 is 1.04 bits per heavy atom. The Morgan fingerprint density at radius 2 is 1.81 bits per heavy atom. The zero-order valence-corrected chi connectivity index (χ0v) is 15.8. The Bertz CT molecular complexity index is 1050. The van der Waals surface area contributed by atoms with Crippen molar-refractivity contribution in [2.45, 2.75) is 11.3 Å². The molecule has 1 fully saturated rings. The molecule has 3 heterocycles. The number of H-pyrrole nitrogens is 2. The molecule has 138 valence electrons. The smallest absolute Gasteiger partial charge is 0.306 e. The van der Waals surface area contributed by atoms with Gasteiger partial charge in [-0.05, 0) is 36.1 Å². The van der Waals surface area contributed by atoms with Gasteiger partial charge < -0.3 is 14.9 Å². The quantitative estimate of drug-likeness (QED) is 0.688. The maximum Gasteiger partial charge on any atom is 0.323 e. The van der Waals surface area contributed by atoms with Crippen LogP contribution in [0.15, 0.2) is 45.4 Å². The average molecular weight is 393 g/mol. The molecule has 4 rings (SSSR count). The van der Waals surface area contributed by atoms with Crippen molar-refractivity contribution in [3.05, 3.63) is 51.1 Å². The fourth-order valence-electron chi connectivity index (χ4n) is 3.24. The summed E-state index contributed by atoms with van der Waals surface area (Å²) in [5.41, 5.74) is 0.770. The van der Waals surface area contributed by atoms with Gasteiger partial charge in [0.1, 0.15) is 0 Å². The Hall–Kier alpha value is -1.94. The summed E-state index contributed by atoms with van der Waals surface area (Å²) < 4.78 is 27.3. The topological polar surface area (TPSA) is 89.3 Å². The maximum atomic E-state index is 12.9. The lowest BCUT2D eigenvalue weighted by atomic mass is 10.3. The zero-order valence-electron chi connectivity index (χ0n) is 14.1. The first-order chi connectivity index (χ1) is 12.5. The second kappa shape index (κ2) is 6.99. The van der Waals surface area contributed by atoms with E-state index in [1.807, 2.05) is 0 Å². The third kappa shape index (κ3) is 3.48. The van der Waals surface area contributed by atoms with E-state index in [9.17, 15) is 13.2 Å². The molecule has 0 spiro atoms. The summed E-state index contributed by atoms with van der Waals surface area (Å²) in [6, 6.07) is 8.87. The molecule has 9 heteroatoms. The van der Waals surface area contributed by atoms with Crippen LogP contribution in [0.25, 0.3) is 11.0 Å². The van der Waals surface area contributed by atoms with Gasteiger partial charge in [-0.15, -0.1) is 11.3 Å². The largest absolute Gasteiger partial charge is 0.323 e. The van der Waals surface area contributed by atoms with E-state index in [0.717, 1.165) is 26.1 Å². The van der Waals surface area contributed by atoms with Crippen molar-refractivity contribution in [1.82, 2.24) is 19.2 Å². The van der Waals surface area contributed by atoms with Crippen LogP contribution in [0.1, 0.15) is 4.88 Å². The fourth-order valence-corrected chi connectivity index (χ4v) is 5.38. The highest BCUT2D eigenvalue weighted by Gasteiger charge is 2.28. The molecule has 1 aliphatic rings. The number of benzene rings is 1. The first kappa shape index (κ1) is 17.5. The molecule has 0 aliphatic carbocycles. The van der Waals surface area contributed by atoms with Crippen molar-refractivity contribution >= 4 is 32.4 Å². The van der Waals surface area contributed by atoms with Crippen LogP contribution in [0.3, 0.4) is 0 Å². The van der Waals surface area contributed by atoms with Gasteiger partial charge in [0.2, 0.25) is 10.0 Å². The molecule has 1 saturated heterocycles. The van der Waals surface area contributed by atoms with Crippen LogP contribution in [0, 0.1) is 0 Å². The van der Waals surface area contributed by atoms with Crippen molar-refractivity contribution in [1.29, 1.82) is 0 Å². The number of rotatable bonds is 5. The van der Waals surface area contributed by atoms with Gasteiger partial charge in [0, 0.05) is 37.6 Å². The number of sulfonamides is 1. The van der Waals surface area contributed by atoms with E-state index in [-0.39, 0.29) is 10.6 Å². The minimum Gasteiger partial charge on any atom is -0.306 e. The van der Waals surface area contributed by atoms with Gasteiger partial charge in [0.15, 0.2) is 0 Å². The Labute approximate surface area is 155 Å². The summed E-state index contributed by atoms with van der Waals surface area (Å²) in [5.74, 6) is 0. The number of aromatic nitrogens is 2. The van der Waals surface area contributed by atoms with E-state index in [4.69, 9.17) is 0 Å². The molecule has 0 unspecified atom stereocenters. The molecule has 0 saturated carbocycles. The van der Waals surface area contributed by atoms with Gasteiger partial charge in [-0.3, -0.25) is 0 Å². The lowest BCUT2D eigenvalue weighted by Crippen LogP contribution is -2.48. The minimum absolute atomic E-state index is 0.215. The summed E-state index contributed by atoms with van der Waals surface area (Å²) in [7, 11) is -3.55. The number of nitrogens with one attached hydrogen (secondary N) is 2. The van der Waals surface area contributed by atoms with Crippen molar-refractivity contribution < 1.29 is 8.42 Å². The summed E-state index contributed by atoms with van der Waals surface area (Å²) in [6.07, 6.45) is 1.00. The normalized spacial score (nSPS) is 17.1. The van der Waals surface area contributed by atoms with E-state index in [0.29, 0.717) is 24.1 Å². The Balaban J connectivity index is 1.42. The molecule has 3 aromatic rings. The first-order valence-corrected chi connectivity index (χ1v) is 10.8. The second-order valence-electron chi connectivity index (χ2n) is 6.36. The van der Waals surface area contributed by atoms with E-state index < -0.39 is 10.0 Å². The molecule has 0 atom stereocenters. The van der Waals surface area contributed by atoms with E-state index in [1.165, 1.54) is 15.2 Å². The van der Waals surface area contributed by atoms with Gasteiger partial charge in [-0.2, -0.15) is 4.31 Å². The molecule has 2 N–H and O–H groups in total. The van der Waals surface area contributed by atoms with E-state index in [1.54, 1.807) is 23.5 Å². The lowest BCUT2D eigenvalue weighted by molar-refractivity contribution is 0.190. The minimum atomic E-state index is -3.55. The highest BCUT2D eigenvalue weighted by molar-refractivity contribution is 7.89. The van der Waals surface area contributed by atoms with Crippen LogP contribution in [0.5, 0.6) is 0 Å². The molecular weight excluding hydrogens is 372 g/mol. The van der Waals surface area contributed by atoms with Gasteiger partial charge >= 0.3 is 5.69 Å². The number of fused-ring (bicyclic) bond motifs is 1. The van der Waals surface area contributed by atoms with Gasteiger partial charge in [0.05, 0.1) is 15.9 Å². The van der Waals surface area contributed by atoms with Crippen LogP contribution in [0.4, 0.5) is 0 Å². The predicted octanol–water partition coefficient (Wildman–Crippen LogP) is 1.47. The SMILES string of the molecule is O=c1[nH]c2ccc(S(=O)(=O)N3CCN(CCc4cccs4)CC3)cc2[nH]1. The Morgan fingerprint density at radius 3 is 2.54 bits per heavy atom. The highest BCUT2D eigenvalue weighted by atomic mass is 32.2. The summed E-state index contributed by atoms with van der Waals surface area (Å²) >= 11 is 1.76. The summed E-state index contributed by atoms with van der Waals surface area (Å²) in [6.45, 7) is 3.37. The van der Waals surface area contributed by atoms with Crippen LogP contribution < -0.4 is 5.69 Å². The second-order valence-corrected chi connectivity index (χ2v) is 9.33. The molecule has 0 amide bonds. The van der Waals surface area contributed by atoms with Crippen LogP contribution in [0.2, 0.25) is 0 Å². The Kier molecular flexibility index (Phi) is 4.70. The third-order valence-corrected chi connectivity index (χ3v) is 7.54. The predicted molar refractivity (Wildman–Crippen MR) is 102 cm³/mol. The van der Waals surface area contributed by atoms with E-state index in [2.05, 4.69) is 32.4 Å². The number of nitrogens with zero attached hydrogens (tertiary/aromatic N) is 2. The molecular formula is C17H20N4O3S2. The number of aromatic amines is 2. The van der Waals surface area contributed by atoms with Crippen molar-refractivity contribution in [3.8, 4) is 0 Å². The lowest BCUT2D eigenvalue weighted by Gasteiger charge is -2.33. The van der Waals surface area contributed by atoms with Crippen LogP contribution in [-0.4, -0.2) is 60.3 Å². The molecule has 2 aromatic heterocycles. The molecule has 1 aliphatic heterocycles. The molecule has 26 heavy (non-hydrogen) atoms. The van der Waals surface area contributed by atoms with Crippen molar-refractivity contribution in [3.63, 3.8) is 0 Å². The van der Waals surface area contributed by atoms with Gasteiger partial charge in [-0.25, -0.2) is 13.2 Å². The zero-order chi connectivity index (χ0) is 18.1. The third-order valence-electron chi connectivity index (χ3n) is 4.71. The van der Waals surface area contributed by atoms with Gasteiger partial charge in [-0.1, -0.05) is 6.07 Å². The molecule has 7 nitrogen and oxygen atoms in total. The fraction of sp³-hybridized carbons (Fsp3) is 0.353. The van der Waals surface area contributed by atoms with Gasteiger partial charge in [0.25, 0.3) is 0 Å². The van der Waals surface area contributed by atoms with Crippen molar-refractivity contribution in [2.24, 2.45) is 0 Å². The number of piperazine rings is 1. The number of thiophene rings is 1. The van der Waals surface area contributed by atoms with Crippen molar-refractivity contribution in [2.75, 3.05) is 32.7 Å². The standard InChI is InChI=1S/C17H20N4O3S2/c22-17-18-15-4-3-14(12-16(15)19-17)26(23,24)21-9-7-20(8-10-21)6-5-13-2-1-11-25-13/h1-4,11-12H,5-10H2,(H2,18,19,22). The summed E-state index contributed by atoms with van der Waals surface area (Å²) in [5, 5.41) is 2.08. The number of hydrogen-bond donors (Lipinski definition) is 2. The number of imidazole rings is 1. The molecule has 1 aromatic carbocycles. The highest BCUT2D eigenvalue weighted by Crippen LogP contribution is 2.21. The molecule has 0 radical (unpaired) electrons. The summed E-state index contributed by atoms with van der Waals surface area (Å²) in [4.78, 5) is 20.5. The maximum absolute atomic E-state index is 12.9. The van der Waals surface area contributed by atoms with E-state index >= 15 is 0 Å². The monoisotopic (exact) mass is 392 g/mol. The van der Waals surface area contributed by atoms with Crippen LogP contribution >= 0.6 is 11.3 Å². The van der Waals surface area contributed by atoms with Crippen LogP contribution in [-0.2, 0) is 16.4 Å². The average Bonchev–Trinajstić information content (AvgIpc) is 3.28.